The number of rotatable bonds is 12. The van der Waals surface area contributed by atoms with Gasteiger partial charge in [0.25, 0.3) is 27.2 Å². The second kappa shape index (κ2) is 28.8. The molecule has 85 heavy (non-hydrogen) atoms. The Hall–Kier alpha value is -10.0. The second-order valence-electron chi connectivity index (χ2n) is 20.2. The topological polar surface area (TPSA) is 304 Å². The Balaban J connectivity index is 0.000000175. The Morgan fingerprint density at radius 2 is 0.906 bits per heavy atom. The van der Waals surface area contributed by atoms with E-state index in [9.17, 15) is 44.5 Å². The smallest absolute Gasteiger partial charge is 0.363 e. The molecule has 0 saturated carbocycles. The molecule has 0 bridgehead atoms. The van der Waals surface area contributed by atoms with E-state index in [-0.39, 0.29) is 96.4 Å². The zero-order chi connectivity index (χ0) is 62.4. The minimum atomic E-state index is -0.397. The summed E-state index contributed by atoms with van der Waals surface area (Å²) in [5, 5.41) is 42.8. The number of aromatic hydroxyl groups is 4. The van der Waals surface area contributed by atoms with Gasteiger partial charge in [0.1, 0.15) is 11.5 Å². The van der Waals surface area contributed by atoms with Crippen LogP contribution in [0.4, 0.5) is 17.1 Å². The van der Waals surface area contributed by atoms with Gasteiger partial charge in [0.2, 0.25) is 5.75 Å². The number of ether oxygens (including phenoxy) is 2. The lowest BCUT2D eigenvalue weighted by Gasteiger charge is -2.12. The molecule has 10 rings (SSSR count). The summed E-state index contributed by atoms with van der Waals surface area (Å²) >= 11 is 5.58. The largest absolute Gasteiger partial charge is 0.504 e. The van der Waals surface area contributed by atoms with Gasteiger partial charge in [-0.3, -0.25) is 36.8 Å². The summed E-state index contributed by atoms with van der Waals surface area (Å²) in [6, 6.07) is 22.9. The van der Waals surface area contributed by atoms with Crippen molar-refractivity contribution in [2.24, 2.45) is 0 Å². The van der Waals surface area contributed by atoms with Crippen LogP contribution in [-0.2, 0) is 17.3 Å². The predicted molar refractivity (Wildman–Crippen MR) is 326 cm³/mol. The first-order chi connectivity index (χ1) is 40.5. The number of fused-ring (bicyclic) bond motifs is 4. The molecule has 0 aliphatic heterocycles. The highest BCUT2D eigenvalue weighted by molar-refractivity contribution is 6.17. The first kappa shape index (κ1) is 64.1. The number of anilines is 2. The molecule has 10 aromatic rings. The first-order valence-corrected chi connectivity index (χ1v) is 27.2. The van der Waals surface area contributed by atoms with E-state index >= 15 is 0 Å². The highest BCUT2D eigenvalue weighted by atomic mass is 35.5. The van der Waals surface area contributed by atoms with Crippen LogP contribution in [0.2, 0.25) is 0 Å². The third-order valence-corrected chi connectivity index (χ3v) is 13.5. The van der Waals surface area contributed by atoms with Crippen LogP contribution in [-0.4, -0.2) is 84.2 Å². The van der Waals surface area contributed by atoms with E-state index < -0.39 is 5.75 Å². The fraction of sp³-hybridized carbons (Fsp3) is 0.279. The molecule has 0 unspecified atom stereocenters. The average Bonchev–Trinajstić information content (AvgIpc) is 2.33. The van der Waals surface area contributed by atoms with Gasteiger partial charge < -0.3 is 41.0 Å². The number of nitrogens with zero attached hydrogens (tertiary/aromatic N) is 9. The molecule has 0 amide bonds. The molecular weight excluding hydrogens is 1110 g/mol. The summed E-state index contributed by atoms with van der Waals surface area (Å²) in [6.07, 6.45) is 12.1. The summed E-state index contributed by atoms with van der Waals surface area (Å²) in [7, 11) is 4.45. The van der Waals surface area contributed by atoms with Gasteiger partial charge in [-0.1, -0.05) is 79.7 Å². The molecule has 0 atom stereocenters. The third-order valence-electron chi connectivity index (χ3n) is 13.2. The maximum atomic E-state index is 12.5. The molecule has 0 spiro atoms. The molecule has 0 aliphatic carbocycles. The van der Waals surface area contributed by atoms with Gasteiger partial charge in [-0.05, 0) is 83.3 Å². The van der Waals surface area contributed by atoms with Crippen LogP contribution in [0.15, 0.2) is 148 Å². The molecule has 0 fully saturated rings. The number of alkyl halides is 1. The lowest BCUT2D eigenvalue weighted by molar-refractivity contribution is -0.736. The van der Waals surface area contributed by atoms with Gasteiger partial charge in [-0.15, -0.1) is 11.6 Å². The van der Waals surface area contributed by atoms with Crippen molar-refractivity contribution in [3.8, 4) is 34.5 Å². The van der Waals surface area contributed by atoms with E-state index in [1.165, 1.54) is 80.1 Å². The number of hydrogen-bond donors (Lipinski definition) is 6. The molecule has 0 aliphatic rings. The van der Waals surface area contributed by atoms with Crippen LogP contribution in [0.1, 0.15) is 112 Å². The van der Waals surface area contributed by atoms with Crippen molar-refractivity contribution in [2.75, 3.05) is 32.4 Å². The molecule has 23 nitrogen and oxygen atoms in total. The Kier molecular flexibility index (Phi) is 21.7. The summed E-state index contributed by atoms with van der Waals surface area (Å²) in [5.74, 6) is 1.97. The van der Waals surface area contributed by atoms with Crippen molar-refractivity contribution in [3.05, 3.63) is 208 Å². The fourth-order valence-electron chi connectivity index (χ4n) is 8.17. The molecule has 0 saturated heterocycles. The quantitative estimate of drug-likeness (QED) is 0.0490. The van der Waals surface area contributed by atoms with Gasteiger partial charge in [0.15, 0.2) is 46.9 Å². The number of pyridine rings is 4. The van der Waals surface area contributed by atoms with Crippen LogP contribution in [0.5, 0.6) is 34.5 Å². The predicted octanol–water partition coefficient (Wildman–Crippen LogP) is 9.70. The van der Waals surface area contributed by atoms with Gasteiger partial charge in [-0.25, -0.2) is 24.8 Å². The normalized spacial score (nSPS) is 10.9. The Morgan fingerprint density at radius 3 is 1.33 bits per heavy atom. The lowest BCUT2D eigenvalue weighted by Crippen LogP contribution is -2.20. The minimum Gasteiger partial charge on any atom is -0.504 e. The standard InChI is InChI=1S/C19H21N3O3.C12H13N3O4.C11H13N3O2.C11H12N2O2.C8H9ClO/c1-12(2)15-11-21-18-17(23)16(8-9-22(18)19(15)24)20-10-13-4-6-14(25-3)7-5-13;1-7(2)8-6-13-11-10(16)9(15(18)19-3)4-5-14(11)12(8)17;1-6(2)7-5-13-10-9(15)8(12)3-4-14(10)11(7)16;1-7(2)8-6-12-10-9(14)4-3-5-13(10)11(8)15;1-10-8-4-2-7(6-9)3-5-8/h4-9,11-12,20,23H,10H2,1-3H3;4-7H,1-3H3;3-6,15H,12H2,1-2H3;3-7,14H,1-2H3;2-5H,6H2,1H3/p+1. The Bertz CT molecular complexity index is 4200. The number of hydrogen-bond acceptors (Lipinski definition) is 18. The zero-order valence-corrected chi connectivity index (χ0v) is 49.6. The monoisotopic (exact) mass is 1180 g/mol. The number of aromatic nitrogens is 8. The third kappa shape index (κ3) is 15.0. The van der Waals surface area contributed by atoms with Crippen molar-refractivity contribution >= 4 is 51.3 Å². The molecular formula is C61H69ClN11O12+. The second-order valence-corrected chi connectivity index (χ2v) is 20.5. The summed E-state index contributed by atoms with van der Waals surface area (Å²) in [4.78, 5) is 80.9. The first-order valence-electron chi connectivity index (χ1n) is 26.7. The minimum absolute atomic E-state index is 0.0183. The number of methoxy groups -OCH3 is 2. The van der Waals surface area contributed by atoms with E-state index in [1.807, 2.05) is 104 Å². The van der Waals surface area contributed by atoms with Crippen molar-refractivity contribution < 1.29 is 39.7 Å². The summed E-state index contributed by atoms with van der Waals surface area (Å²) in [6.45, 7) is 15.9. The van der Waals surface area contributed by atoms with Crippen LogP contribution >= 0.6 is 11.6 Å². The van der Waals surface area contributed by atoms with Gasteiger partial charge >= 0.3 is 5.69 Å². The lowest BCUT2D eigenvalue weighted by atomic mass is 10.1. The molecule has 446 valence electrons. The highest BCUT2D eigenvalue weighted by Crippen LogP contribution is 2.30. The van der Waals surface area contributed by atoms with E-state index in [2.05, 4.69) is 30.1 Å². The number of nitrogen functional groups attached to an aromatic ring is 1. The zero-order valence-electron chi connectivity index (χ0n) is 48.9. The number of nitrogens with two attached hydrogens (primary N) is 1. The maximum Gasteiger partial charge on any atom is 0.363 e. The molecule has 8 aromatic heterocycles. The van der Waals surface area contributed by atoms with Crippen LogP contribution < -0.4 is 42.8 Å². The van der Waals surface area contributed by atoms with Crippen molar-refractivity contribution in [2.45, 2.75) is 91.5 Å². The van der Waals surface area contributed by atoms with Crippen molar-refractivity contribution in [1.29, 1.82) is 0 Å². The molecule has 8 heterocycles. The molecule has 7 N–H and O–H groups in total. The SMILES string of the molecule is CC(C)c1cnc2c(O)c(N)ccn2c1=O.CC(C)c1cnc2c(O)cccn2c1=O.CO[N+](=O)c1ccn2c(=O)c(C(C)C)cnc2c1O.COc1ccc(CCl)cc1.COc1ccc(CNc2ccn3c(=O)c(C(C)C)cnc3c2O)cc1. The van der Waals surface area contributed by atoms with Crippen LogP contribution in [0.25, 0.3) is 22.6 Å². The summed E-state index contributed by atoms with van der Waals surface area (Å²) in [5.41, 5.74) is 10.8. The Morgan fingerprint density at radius 1 is 0.518 bits per heavy atom. The van der Waals surface area contributed by atoms with E-state index in [1.54, 1.807) is 38.7 Å². The highest BCUT2D eigenvalue weighted by Gasteiger charge is 2.25. The number of halogens is 1. The van der Waals surface area contributed by atoms with E-state index in [4.69, 9.17) is 26.8 Å². The summed E-state index contributed by atoms with van der Waals surface area (Å²) < 4.78 is 15.4. The molecule has 24 heteroatoms. The average molecular weight is 1180 g/mol. The molecule has 2 aromatic carbocycles. The van der Waals surface area contributed by atoms with Crippen molar-refractivity contribution in [1.82, 2.24) is 37.5 Å². The number of nitrogens with one attached hydrogen (secondary N) is 1. The molecule has 0 radical (unpaired) electrons. The van der Waals surface area contributed by atoms with Gasteiger partial charge in [0.05, 0.1) is 30.5 Å². The van der Waals surface area contributed by atoms with Gasteiger partial charge in [-0.2, -0.15) is 0 Å². The van der Waals surface area contributed by atoms with E-state index in [0.717, 1.165) is 22.6 Å². The van der Waals surface area contributed by atoms with Crippen molar-refractivity contribution in [3.63, 3.8) is 0 Å². The van der Waals surface area contributed by atoms with Gasteiger partial charge in [0, 0.05) is 90.3 Å². The number of benzene rings is 2. The fourth-order valence-corrected chi connectivity index (χ4v) is 8.35. The Labute approximate surface area is 493 Å². The van der Waals surface area contributed by atoms with Crippen LogP contribution in [0, 0.1) is 4.91 Å². The maximum absolute atomic E-state index is 12.5. The van der Waals surface area contributed by atoms with Crippen LogP contribution in [0.3, 0.4) is 0 Å². The van der Waals surface area contributed by atoms with E-state index in [0.29, 0.717) is 46.0 Å².